The molecule has 2 N–H and O–H groups in total. The zero-order valence-electron chi connectivity index (χ0n) is 10.2. The monoisotopic (exact) mass is 233 g/mol. The molecular formula is C14H19NO2. The molecule has 0 bridgehead atoms. The average molecular weight is 233 g/mol. The standard InChI is InChI=1S/C14H19NO2/c1-11-5-4-6-12(9-11)14(7-2-3-8-14)15-10-13(16)17/h4-6,9,15H,2-3,7-8,10H2,1H3,(H,16,17). The van der Waals surface area contributed by atoms with Gasteiger partial charge in [0.1, 0.15) is 0 Å². The van der Waals surface area contributed by atoms with Crippen molar-refractivity contribution in [2.24, 2.45) is 0 Å². The fraction of sp³-hybridized carbons (Fsp3) is 0.500. The lowest BCUT2D eigenvalue weighted by atomic mass is 9.87. The van der Waals surface area contributed by atoms with Gasteiger partial charge in [0.15, 0.2) is 0 Å². The van der Waals surface area contributed by atoms with Gasteiger partial charge in [-0.25, -0.2) is 0 Å². The Morgan fingerprint density at radius 3 is 2.71 bits per heavy atom. The van der Waals surface area contributed by atoms with E-state index in [9.17, 15) is 4.79 Å². The van der Waals surface area contributed by atoms with E-state index < -0.39 is 5.97 Å². The van der Waals surface area contributed by atoms with Gasteiger partial charge in [0.05, 0.1) is 6.54 Å². The molecule has 1 saturated carbocycles. The SMILES string of the molecule is Cc1cccc(C2(NCC(=O)O)CCCC2)c1. The molecule has 0 spiro atoms. The first-order valence-electron chi connectivity index (χ1n) is 6.16. The van der Waals surface area contributed by atoms with Crippen LogP contribution in [0, 0.1) is 6.92 Å². The highest BCUT2D eigenvalue weighted by Gasteiger charge is 2.35. The number of hydrogen-bond acceptors (Lipinski definition) is 2. The molecule has 17 heavy (non-hydrogen) atoms. The minimum absolute atomic E-state index is 0.0357. The van der Waals surface area contributed by atoms with Crippen molar-refractivity contribution in [2.75, 3.05) is 6.54 Å². The Hall–Kier alpha value is -1.35. The van der Waals surface area contributed by atoms with Gasteiger partial charge in [0.25, 0.3) is 0 Å². The molecule has 0 aliphatic heterocycles. The molecule has 1 aromatic carbocycles. The molecule has 3 heteroatoms. The molecular weight excluding hydrogens is 214 g/mol. The Bertz CT molecular complexity index is 408. The number of carbonyl (C=O) groups is 1. The summed E-state index contributed by atoms with van der Waals surface area (Å²) >= 11 is 0. The molecule has 3 nitrogen and oxygen atoms in total. The number of benzene rings is 1. The Morgan fingerprint density at radius 1 is 1.41 bits per heavy atom. The van der Waals surface area contributed by atoms with Gasteiger partial charge in [-0.05, 0) is 25.3 Å². The summed E-state index contributed by atoms with van der Waals surface area (Å²) in [5.41, 5.74) is 2.34. The summed E-state index contributed by atoms with van der Waals surface area (Å²) in [7, 11) is 0. The summed E-state index contributed by atoms with van der Waals surface area (Å²) < 4.78 is 0. The number of aryl methyl sites for hydroxylation is 1. The van der Waals surface area contributed by atoms with Crippen molar-refractivity contribution < 1.29 is 9.90 Å². The van der Waals surface area contributed by atoms with Crippen LogP contribution in [0.1, 0.15) is 36.8 Å². The Balaban J connectivity index is 2.24. The minimum atomic E-state index is -0.788. The molecule has 92 valence electrons. The zero-order chi connectivity index (χ0) is 12.3. The van der Waals surface area contributed by atoms with Crippen LogP contribution in [0.3, 0.4) is 0 Å². The van der Waals surface area contributed by atoms with Crippen LogP contribution >= 0.6 is 0 Å². The molecule has 0 radical (unpaired) electrons. The Labute approximate surface area is 102 Å². The number of carboxylic acids is 1. The van der Waals surface area contributed by atoms with E-state index >= 15 is 0 Å². The third-order valence-corrected chi connectivity index (χ3v) is 3.61. The van der Waals surface area contributed by atoms with Gasteiger partial charge in [0, 0.05) is 5.54 Å². The molecule has 0 amide bonds. The summed E-state index contributed by atoms with van der Waals surface area (Å²) in [4.78, 5) is 10.7. The third kappa shape index (κ3) is 2.67. The van der Waals surface area contributed by atoms with Gasteiger partial charge in [-0.2, -0.15) is 0 Å². The quantitative estimate of drug-likeness (QED) is 0.839. The topological polar surface area (TPSA) is 49.3 Å². The number of nitrogens with one attached hydrogen (secondary N) is 1. The van der Waals surface area contributed by atoms with Crippen LogP contribution in [-0.2, 0) is 10.3 Å². The molecule has 1 aliphatic carbocycles. The first-order chi connectivity index (χ1) is 8.12. The molecule has 0 heterocycles. The van der Waals surface area contributed by atoms with Crippen molar-refractivity contribution >= 4 is 5.97 Å². The maximum Gasteiger partial charge on any atom is 0.317 e. The second-order valence-electron chi connectivity index (χ2n) is 4.91. The lowest BCUT2D eigenvalue weighted by Gasteiger charge is -2.31. The largest absolute Gasteiger partial charge is 0.480 e. The summed E-state index contributed by atoms with van der Waals surface area (Å²) in [5, 5.41) is 12.1. The van der Waals surface area contributed by atoms with Gasteiger partial charge < -0.3 is 5.11 Å². The van der Waals surface area contributed by atoms with Crippen molar-refractivity contribution in [3.05, 3.63) is 35.4 Å². The van der Waals surface area contributed by atoms with Gasteiger partial charge in [-0.3, -0.25) is 10.1 Å². The first kappa shape index (κ1) is 12.1. The highest BCUT2D eigenvalue weighted by molar-refractivity contribution is 5.69. The number of aliphatic carboxylic acids is 1. The smallest absolute Gasteiger partial charge is 0.317 e. The van der Waals surface area contributed by atoms with E-state index in [-0.39, 0.29) is 12.1 Å². The predicted molar refractivity (Wildman–Crippen MR) is 67.0 cm³/mol. The number of hydrogen-bond donors (Lipinski definition) is 2. The number of carboxylic acid groups (broad SMARTS) is 1. The van der Waals surface area contributed by atoms with Gasteiger partial charge in [0.2, 0.25) is 0 Å². The second kappa shape index (κ2) is 4.88. The van der Waals surface area contributed by atoms with E-state index in [1.165, 1.54) is 24.0 Å². The van der Waals surface area contributed by atoms with Gasteiger partial charge >= 0.3 is 5.97 Å². The Kier molecular flexibility index (Phi) is 3.48. The molecule has 0 aromatic heterocycles. The van der Waals surface area contributed by atoms with Crippen LogP contribution in [-0.4, -0.2) is 17.6 Å². The Morgan fingerprint density at radius 2 is 2.12 bits per heavy atom. The van der Waals surface area contributed by atoms with E-state index in [1.807, 2.05) is 6.07 Å². The highest BCUT2D eigenvalue weighted by atomic mass is 16.4. The van der Waals surface area contributed by atoms with Crippen molar-refractivity contribution in [3.63, 3.8) is 0 Å². The van der Waals surface area contributed by atoms with E-state index in [2.05, 4.69) is 30.4 Å². The zero-order valence-corrected chi connectivity index (χ0v) is 10.2. The second-order valence-corrected chi connectivity index (χ2v) is 4.91. The molecule has 0 atom stereocenters. The van der Waals surface area contributed by atoms with Crippen LogP contribution in [0.2, 0.25) is 0 Å². The molecule has 1 aliphatic rings. The minimum Gasteiger partial charge on any atom is -0.480 e. The van der Waals surface area contributed by atoms with Crippen molar-refractivity contribution in [2.45, 2.75) is 38.1 Å². The highest BCUT2D eigenvalue weighted by Crippen LogP contribution is 2.38. The van der Waals surface area contributed by atoms with E-state index in [4.69, 9.17) is 5.11 Å². The summed E-state index contributed by atoms with van der Waals surface area (Å²) in [5.74, 6) is -0.788. The predicted octanol–water partition coefficient (Wildman–Crippen LogP) is 2.44. The van der Waals surface area contributed by atoms with Crippen molar-refractivity contribution in [1.29, 1.82) is 0 Å². The molecule has 1 aromatic rings. The average Bonchev–Trinajstić information content (AvgIpc) is 2.76. The van der Waals surface area contributed by atoms with Crippen LogP contribution < -0.4 is 5.32 Å². The van der Waals surface area contributed by atoms with E-state index in [0.717, 1.165) is 12.8 Å². The normalized spacial score (nSPS) is 18.2. The third-order valence-electron chi connectivity index (χ3n) is 3.61. The summed E-state index contributed by atoms with van der Waals surface area (Å²) in [6.45, 7) is 2.11. The lowest BCUT2D eigenvalue weighted by molar-refractivity contribution is -0.136. The van der Waals surface area contributed by atoms with Gasteiger partial charge in [-0.1, -0.05) is 42.7 Å². The maximum absolute atomic E-state index is 10.7. The molecule has 2 rings (SSSR count). The maximum atomic E-state index is 10.7. The summed E-state index contributed by atoms with van der Waals surface area (Å²) in [6.07, 6.45) is 4.40. The summed E-state index contributed by atoms with van der Waals surface area (Å²) in [6, 6.07) is 8.39. The van der Waals surface area contributed by atoms with Crippen LogP contribution in [0.4, 0.5) is 0 Å². The van der Waals surface area contributed by atoms with E-state index in [1.54, 1.807) is 0 Å². The molecule has 1 fully saturated rings. The lowest BCUT2D eigenvalue weighted by Crippen LogP contribution is -2.42. The van der Waals surface area contributed by atoms with E-state index in [0.29, 0.717) is 0 Å². The number of rotatable bonds is 4. The van der Waals surface area contributed by atoms with Gasteiger partial charge in [-0.15, -0.1) is 0 Å². The fourth-order valence-corrected chi connectivity index (χ4v) is 2.73. The fourth-order valence-electron chi connectivity index (χ4n) is 2.73. The molecule has 0 saturated heterocycles. The van der Waals surface area contributed by atoms with Crippen molar-refractivity contribution in [1.82, 2.24) is 5.32 Å². The van der Waals surface area contributed by atoms with Crippen molar-refractivity contribution in [3.8, 4) is 0 Å². The first-order valence-corrected chi connectivity index (χ1v) is 6.16. The van der Waals surface area contributed by atoms with Crippen LogP contribution in [0.5, 0.6) is 0 Å². The van der Waals surface area contributed by atoms with Crippen LogP contribution in [0.15, 0.2) is 24.3 Å². The van der Waals surface area contributed by atoms with Crippen LogP contribution in [0.25, 0.3) is 0 Å². The molecule has 0 unspecified atom stereocenters.